The van der Waals surface area contributed by atoms with Gasteiger partial charge in [-0.1, -0.05) is 12.1 Å². The third kappa shape index (κ3) is 4.72. The standard InChI is InChI=1S/C22H19FN4O3S/c1-2-30-17-11-9-16(10-12-17)24-21-22(26-20-6-4-3-5-19(20)25-21)27-31(28,29)18-13-7-15(23)8-14-18/h3-14H,2H2,1H3,(H,24,25)(H,26,27). The van der Waals surface area contributed by atoms with Gasteiger partial charge in [0.15, 0.2) is 11.6 Å². The zero-order valence-electron chi connectivity index (χ0n) is 16.5. The third-order valence-electron chi connectivity index (χ3n) is 4.35. The van der Waals surface area contributed by atoms with E-state index >= 15 is 0 Å². The highest BCUT2D eigenvalue weighted by Crippen LogP contribution is 2.28. The first-order valence-corrected chi connectivity index (χ1v) is 11.0. The van der Waals surface area contributed by atoms with E-state index in [2.05, 4.69) is 20.0 Å². The number of aromatic nitrogens is 2. The second kappa shape index (κ2) is 8.57. The average molecular weight is 438 g/mol. The largest absolute Gasteiger partial charge is 0.494 e. The van der Waals surface area contributed by atoms with Crippen LogP contribution in [-0.4, -0.2) is 25.0 Å². The number of rotatable bonds is 7. The molecule has 3 aromatic carbocycles. The number of fused-ring (bicyclic) bond motifs is 1. The van der Waals surface area contributed by atoms with E-state index in [1.54, 1.807) is 42.5 Å². The summed E-state index contributed by atoms with van der Waals surface area (Å²) in [4.78, 5) is 8.87. The molecule has 7 nitrogen and oxygen atoms in total. The summed E-state index contributed by atoms with van der Waals surface area (Å²) in [7, 11) is -4.01. The van der Waals surface area contributed by atoms with Crippen LogP contribution in [0.5, 0.6) is 5.75 Å². The molecule has 0 bridgehead atoms. The summed E-state index contributed by atoms with van der Waals surface area (Å²) in [6, 6.07) is 18.8. The van der Waals surface area contributed by atoms with Crippen molar-refractivity contribution in [2.45, 2.75) is 11.8 Å². The summed E-state index contributed by atoms with van der Waals surface area (Å²) in [5.74, 6) is 0.447. The fourth-order valence-electron chi connectivity index (χ4n) is 2.90. The van der Waals surface area contributed by atoms with Gasteiger partial charge in [0.1, 0.15) is 11.6 Å². The lowest BCUT2D eigenvalue weighted by Gasteiger charge is -2.14. The van der Waals surface area contributed by atoms with Crippen molar-refractivity contribution in [2.24, 2.45) is 0 Å². The molecule has 0 amide bonds. The van der Waals surface area contributed by atoms with E-state index < -0.39 is 15.8 Å². The molecular formula is C22H19FN4O3S. The zero-order chi connectivity index (χ0) is 21.8. The molecule has 0 radical (unpaired) electrons. The van der Waals surface area contributed by atoms with Crippen LogP contribution in [0.2, 0.25) is 0 Å². The van der Waals surface area contributed by atoms with Gasteiger partial charge in [-0.3, -0.25) is 4.72 Å². The van der Waals surface area contributed by atoms with Crippen molar-refractivity contribution >= 4 is 38.4 Å². The monoisotopic (exact) mass is 438 g/mol. The van der Waals surface area contributed by atoms with Gasteiger partial charge in [0, 0.05) is 5.69 Å². The molecule has 0 fully saturated rings. The Morgan fingerprint density at radius 3 is 2.10 bits per heavy atom. The number of halogens is 1. The highest BCUT2D eigenvalue weighted by Gasteiger charge is 2.19. The minimum absolute atomic E-state index is 0.0249. The minimum atomic E-state index is -4.01. The fourth-order valence-corrected chi connectivity index (χ4v) is 3.91. The number of ether oxygens (including phenoxy) is 1. The molecule has 4 rings (SSSR count). The lowest BCUT2D eigenvalue weighted by Crippen LogP contribution is -2.16. The first kappa shape index (κ1) is 20.5. The van der Waals surface area contributed by atoms with Crippen molar-refractivity contribution in [2.75, 3.05) is 16.6 Å². The maximum absolute atomic E-state index is 13.2. The van der Waals surface area contributed by atoms with Crippen LogP contribution in [0.15, 0.2) is 77.7 Å². The SMILES string of the molecule is CCOc1ccc(Nc2nc3ccccc3nc2NS(=O)(=O)c2ccc(F)cc2)cc1. The molecule has 0 atom stereocenters. The molecule has 9 heteroatoms. The molecule has 0 aliphatic rings. The average Bonchev–Trinajstić information content (AvgIpc) is 2.76. The van der Waals surface area contributed by atoms with Crippen LogP contribution in [0.25, 0.3) is 11.0 Å². The molecule has 0 aliphatic heterocycles. The van der Waals surface area contributed by atoms with E-state index in [1.165, 1.54) is 12.1 Å². The number of anilines is 3. The number of nitrogens with zero attached hydrogens (tertiary/aromatic N) is 2. The number of nitrogens with one attached hydrogen (secondary N) is 2. The van der Waals surface area contributed by atoms with Crippen molar-refractivity contribution in [1.82, 2.24) is 9.97 Å². The van der Waals surface area contributed by atoms with Gasteiger partial charge in [-0.05, 0) is 67.6 Å². The summed E-state index contributed by atoms with van der Waals surface area (Å²) in [6.07, 6.45) is 0. The number of hydrogen-bond acceptors (Lipinski definition) is 6. The fraction of sp³-hybridized carbons (Fsp3) is 0.0909. The topological polar surface area (TPSA) is 93.2 Å². The van der Waals surface area contributed by atoms with Gasteiger partial charge in [-0.25, -0.2) is 22.8 Å². The molecule has 0 aliphatic carbocycles. The summed E-state index contributed by atoms with van der Waals surface area (Å²) in [5.41, 5.74) is 1.80. The van der Waals surface area contributed by atoms with E-state index in [9.17, 15) is 12.8 Å². The molecule has 158 valence electrons. The smallest absolute Gasteiger partial charge is 0.263 e. The molecule has 2 N–H and O–H groups in total. The van der Waals surface area contributed by atoms with Crippen LogP contribution >= 0.6 is 0 Å². The van der Waals surface area contributed by atoms with Crippen molar-refractivity contribution in [1.29, 1.82) is 0 Å². The Morgan fingerprint density at radius 2 is 1.48 bits per heavy atom. The van der Waals surface area contributed by atoms with Crippen LogP contribution in [0.1, 0.15) is 6.92 Å². The molecule has 0 saturated heterocycles. The lowest BCUT2D eigenvalue weighted by molar-refractivity contribution is 0.340. The summed E-state index contributed by atoms with van der Waals surface area (Å²) < 4.78 is 46.7. The van der Waals surface area contributed by atoms with E-state index in [0.717, 1.165) is 17.9 Å². The Kier molecular flexibility index (Phi) is 5.68. The van der Waals surface area contributed by atoms with Gasteiger partial charge in [0.25, 0.3) is 10.0 Å². The Labute approximate surface area is 179 Å². The van der Waals surface area contributed by atoms with Crippen molar-refractivity contribution in [3.05, 3.63) is 78.6 Å². The number of benzene rings is 3. The Hall–Kier alpha value is -3.72. The van der Waals surface area contributed by atoms with E-state index in [1.807, 2.05) is 13.0 Å². The first-order valence-electron chi connectivity index (χ1n) is 9.49. The van der Waals surface area contributed by atoms with Gasteiger partial charge in [-0.15, -0.1) is 0 Å². The van der Waals surface area contributed by atoms with Crippen LogP contribution in [-0.2, 0) is 10.0 Å². The van der Waals surface area contributed by atoms with Crippen molar-refractivity contribution in [3.8, 4) is 5.75 Å². The molecule has 4 aromatic rings. The zero-order valence-corrected chi connectivity index (χ0v) is 17.4. The van der Waals surface area contributed by atoms with Crippen LogP contribution in [0.3, 0.4) is 0 Å². The van der Waals surface area contributed by atoms with Gasteiger partial charge >= 0.3 is 0 Å². The maximum atomic E-state index is 13.2. The molecule has 1 heterocycles. The highest BCUT2D eigenvalue weighted by molar-refractivity contribution is 7.92. The van der Waals surface area contributed by atoms with Gasteiger partial charge < -0.3 is 10.1 Å². The Morgan fingerprint density at radius 1 is 0.871 bits per heavy atom. The molecule has 0 saturated carbocycles. The highest BCUT2D eigenvalue weighted by atomic mass is 32.2. The van der Waals surface area contributed by atoms with Crippen LogP contribution < -0.4 is 14.8 Å². The van der Waals surface area contributed by atoms with Gasteiger partial charge in [-0.2, -0.15) is 0 Å². The third-order valence-corrected chi connectivity index (χ3v) is 5.71. The summed E-state index contributed by atoms with van der Waals surface area (Å²) >= 11 is 0. The molecule has 31 heavy (non-hydrogen) atoms. The van der Waals surface area contributed by atoms with Gasteiger partial charge in [0.2, 0.25) is 0 Å². The van der Waals surface area contributed by atoms with E-state index in [-0.39, 0.29) is 16.5 Å². The second-order valence-electron chi connectivity index (χ2n) is 6.55. The Bertz CT molecular complexity index is 1310. The number of sulfonamides is 1. The van der Waals surface area contributed by atoms with Crippen LogP contribution in [0.4, 0.5) is 21.7 Å². The molecular weight excluding hydrogens is 419 g/mol. The second-order valence-corrected chi connectivity index (χ2v) is 8.23. The Balaban J connectivity index is 1.71. The molecule has 0 spiro atoms. The first-order chi connectivity index (χ1) is 14.9. The quantitative estimate of drug-likeness (QED) is 0.434. The molecule has 1 aromatic heterocycles. The van der Waals surface area contributed by atoms with Crippen molar-refractivity contribution < 1.29 is 17.5 Å². The predicted molar refractivity (Wildman–Crippen MR) is 118 cm³/mol. The predicted octanol–water partition coefficient (Wildman–Crippen LogP) is 4.71. The van der Waals surface area contributed by atoms with E-state index in [0.29, 0.717) is 23.3 Å². The summed E-state index contributed by atoms with van der Waals surface area (Å²) in [5, 5.41) is 3.10. The minimum Gasteiger partial charge on any atom is -0.494 e. The lowest BCUT2D eigenvalue weighted by atomic mass is 10.3. The number of hydrogen-bond donors (Lipinski definition) is 2. The van der Waals surface area contributed by atoms with Crippen LogP contribution in [0, 0.1) is 5.82 Å². The summed E-state index contributed by atoms with van der Waals surface area (Å²) in [6.45, 7) is 2.45. The van der Waals surface area contributed by atoms with E-state index in [4.69, 9.17) is 4.74 Å². The maximum Gasteiger partial charge on any atom is 0.263 e. The normalized spacial score (nSPS) is 11.3. The van der Waals surface area contributed by atoms with Gasteiger partial charge in [0.05, 0.1) is 22.5 Å². The molecule has 0 unspecified atom stereocenters. The number of para-hydroxylation sites is 2. The van der Waals surface area contributed by atoms with Crippen molar-refractivity contribution in [3.63, 3.8) is 0 Å².